The van der Waals surface area contributed by atoms with Crippen LogP contribution in [0.3, 0.4) is 0 Å². The molecule has 2 aromatic rings. The summed E-state index contributed by atoms with van der Waals surface area (Å²) in [6.45, 7) is 1.39. The lowest BCUT2D eigenvalue weighted by Crippen LogP contribution is -2.08. The predicted octanol–water partition coefficient (Wildman–Crippen LogP) is 2.93. The maximum atomic E-state index is 11.0. The molecular weight excluding hydrogens is 266 g/mol. The number of fused-ring (bicyclic) bond motifs is 1. The highest BCUT2D eigenvalue weighted by Gasteiger charge is 2.13. The zero-order chi connectivity index (χ0) is 13.0. The third-order valence-corrected chi connectivity index (χ3v) is 2.79. The van der Waals surface area contributed by atoms with E-state index < -0.39 is 0 Å². The van der Waals surface area contributed by atoms with Gasteiger partial charge in [0.1, 0.15) is 0 Å². The Morgan fingerprint density at radius 3 is 2.47 bits per heavy atom. The van der Waals surface area contributed by atoms with E-state index in [1.54, 1.807) is 18.2 Å². The lowest BCUT2D eigenvalue weighted by Gasteiger charge is -2.09. The van der Waals surface area contributed by atoms with Crippen LogP contribution in [0, 0.1) is 10.1 Å². The Bertz CT molecular complexity index is 575. The Hall–Kier alpha value is -1.85. The quantitative estimate of drug-likeness (QED) is 0.501. The Kier molecular flexibility index (Phi) is 5.54. The predicted molar refractivity (Wildman–Crippen MR) is 80.0 cm³/mol. The van der Waals surface area contributed by atoms with Crippen molar-refractivity contribution >= 4 is 34.6 Å². The van der Waals surface area contributed by atoms with Crippen LogP contribution in [-0.2, 0) is 0 Å². The molecular formula is C13H16ClN3O2. The first kappa shape index (κ1) is 15.2. The van der Waals surface area contributed by atoms with Crippen LogP contribution in [0.1, 0.15) is 6.42 Å². The second kappa shape index (κ2) is 6.92. The molecule has 0 bridgehead atoms. The van der Waals surface area contributed by atoms with E-state index in [-0.39, 0.29) is 23.0 Å². The standard InChI is InChI=1S/C13H15N3O2.ClH/c14-8-3-9-15-12-6-7-13(16(17)18)11-5-2-1-4-10(11)12;/h1-2,4-7,15H,3,8-9,14H2;1H. The second-order valence-electron chi connectivity index (χ2n) is 4.00. The minimum Gasteiger partial charge on any atom is -0.384 e. The minimum atomic E-state index is -0.355. The van der Waals surface area contributed by atoms with Crippen molar-refractivity contribution in [1.82, 2.24) is 0 Å². The summed E-state index contributed by atoms with van der Waals surface area (Å²) in [7, 11) is 0. The van der Waals surface area contributed by atoms with Gasteiger partial charge in [-0.25, -0.2) is 0 Å². The van der Waals surface area contributed by atoms with E-state index in [2.05, 4.69) is 5.32 Å². The number of anilines is 1. The fourth-order valence-electron chi connectivity index (χ4n) is 1.92. The Morgan fingerprint density at radius 2 is 1.84 bits per heavy atom. The Balaban J connectivity index is 0.00000180. The topological polar surface area (TPSA) is 81.2 Å². The minimum absolute atomic E-state index is 0. The van der Waals surface area contributed by atoms with Gasteiger partial charge in [-0.2, -0.15) is 0 Å². The molecule has 0 aliphatic heterocycles. The lowest BCUT2D eigenvalue weighted by molar-refractivity contribution is -0.383. The van der Waals surface area contributed by atoms with Gasteiger partial charge in [-0.05, 0) is 25.1 Å². The monoisotopic (exact) mass is 281 g/mol. The van der Waals surface area contributed by atoms with Crippen LogP contribution in [0.2, 0.25) is 0 Å². The molecule has 0 aliphatic rings. The molecule has 102 valence electrons. The Morgan fingerprint density at radius 1 is 1.16 bits per heavy atom. The highest BCUT2D eigenvalue weighted by atomic mass is 35.5. The van der Waals surface area contributed by atoms with E-state index in [4.69, 9.17) is 5.73 Å². The van der Waals surface area contributed by atoms with Gasteiger partial charge < -0.3 is 11.1 Å². The summed E-state index contributed by atoms with van der Waals surface area (Å²) in [6.07, 6.45) is 0.866. The molecule has 2 rings (SSSR count). The SMILES string of the molecule is Cl.NCCCNc1ccc([N+](=O)[O-])c2ccccc12. The van der Waals surface area contributed by atoms with Crippen molar-refractivity contribution < 1.29 is 4.92 Å². The summed E-state index contributed by atoms with van der Waals surface area (Å²) in [5.41, 5.74) is 6.48. The highest BCUT2D eigenvalue weighted by Crippen LogP contribution is 2.31. The number of nitro benzene ring substituents is 1. The Labute approximate surface area is 117 Å². The van der Waals surface area contributed by atoms with E-state index in [0.717, 1.165) is 24.0 Å². The van der Waals surface area contributed by atoms with Crippen molar-refractivity contribution in [3.8, 4) is 0 Å². The second-order valence-corrected chi connectivity index (χ2v) is 4.00. The molecule has 0 spiro atoms. The maximum Gasteiger partial charge on any atom is 0.277 e. The zero-order valence-corrected chi connectivity index (χ0v) is 11.2. The van der Waals surface area contributed by atoms with Crippen LogP contribution in [0.5, 0.6) is 0 Å². The lowest BCUT2D eigenvalue weighted by atomic mass is 10.1. The summed E-state index contributed by atoms with van der Waals surface area (Å²) in [4.78, 5) is 10.6. The van der Waals surface area contributed by atoms with E-state index in [0.29, 0.717) is 11.9 Å². The van der Waals surface area contributed by atoms with Crippen molar-refractivity contribution in [3.05, 3.63) is 46.5 Å². The number of hydrogen-bond donors (Lipinski definition) is 2. The summed E-state index contributed by atoms with van der Waals surface area (Å²) in [5, 5.41) is 15.7. The summed E-state index contributed by atoms with van der Waals surface area (Å²) < 4.78 is 0. The third-order valence-electron chi connectivity index (χ3n) is 2.79. The molecule has 0 amide bonds. The average molecular weight is 282 g/mol. The van der Waals surface area contributed by atoms with Crippen molar-refractivity contribution in [2.24, 2.45) is 5.73 Å². The molecule has 0 aromatic heterocycles. The van der Waals surface area contributed by atoms with Gasteiger partial charge in [-0.1, -0.05) is 18.2 Å². The van der Waals surface area contributed by atoms with Gasteiger partial charge in [0.05, 0.1) is 10.3 Å². The molecule has 0 saturated carbocycles. The molecule has 5 nitrogen and oxygen atoms in total. The van der Waals surface area contributed by atoms with Crippen molar-refractivity contribution in [2.75, 3.05) is 18.4 Å². The third kappa shape index (κ3) is 3.33. The van der Waals surface area contributed by atoms with Crippen molar-refractivity contribution in [2.45, 2.75) is 6.42 Å². The molecule has 0 heterocycles. The molecule has 0 atom stereocenters. The van der Waals surface area contributed by atoms with Gasteiger partial charge in [0.15, 0.2) is 0 Å². The van der Waals surface area contributed by atoms with Gasteiger partial charge in [0.2, 0.25) is 0 Å². The van der Waals surface area contributed by atoms with E-state index in [1.165, 1.54) is 6.07 Å². The first-order valence-electron chi connectivity index (χ1n) is 5.84. The van der Waals surface area contributed by atoms with Crippen LogP contribution in [0.15, 0.2) is 36.4 Å². The number of hydrogen-bond acceptors (Lipinski definition) is 4. The molecule has 3 N–H and O–H groups in total. The van der Waals surface area contributed by atoms with E-state index in [1.807, 2.05) is 12.1 Å². The molecule has 0 unspecified atom stereocenters. The molecule has 6 heteroatoms. The normalized spacial score (nSPS) is 9.95. The average Bonchev–Trinajstić information content (AvgIpc) is 2.38. The van der Waals surface area contributed by atoms with E-state index in [9.17, 15) is 10.1 Å². The van der Waals surface area contributed by atoms with Crippen LogP contribution in [-0.4, -0.2) is 18.0 Å². The fourth-order valence-corrected chi connectivity index (χ4v) is 1.92. The zero-order valence-electron chi connectivity index (χ0n) is 10.3. The summed E-state index contributed by atoms with van der Waals surface area (Å²) >= 11 is 0. The van der Waals surface area contributed by atoms with Gasteiger partial charge >= 0.3 is 0 Å². The number of benzene rings is 2. The van der Waals surface area contributed by atoms with Crippen LogP contribution in [0.4, 0.5) is 11.4 Å². The summed E-state index contributed by atoms with van der Waals surface area (Å²) in [6, 6.07) is 10.6. The molecule has 0 aliphatic carbocycles. The van der Waals surface area contributed by atoms with Gasteiger partial charge in [0.25, 0.3) is 5.69 Å². The van der Waals surface area contributed by atoms with Crippen molar-refractivity contribution in [3.63, 3.8) is 0 Å². The first-order chi connectivity index (χ1) is 8.74. The van der Waals surface area contributed by atoms with E-state index >= 15 is 0 Å². The molecule has 0 saturated heterocycles. The smallest absolute Gasteiger partial charge is 0.277 e. The molecule has 19 heavy (non-hydrogen) atoms. The number of nitrogens with zero attached hydrogens (tertiary/aromatic N) is 1. The highest BCUT2D eigenvalue weighted by molar-refractivity contribution is 5.99. The van der Waals surface area contributed by atoms with Gasteiger partial charge in [-0.15, -0.1) is 12.4 Å². The van der Waals surface area contributed by atoms with Crippen LogP contribution < -0.4 is 11.1 Å². The molecule has 0 fully saturated rings. The maximum absolute atomic E-state index is 11.0. The summed E-state index contributed by atoms with van der Waals surface area (Å²) in [5.74, 6) is 0. The number of nitro groups is 1. The molecule has 0 radical (unpaired) electrons. The number of halogens is 1. The van der Waals surface area contributed by atoms with Crippen LogP contribution in [0.25, 0.3) is 10.8 Å². The fraction of sp³-hybridized carbons (Fsp3) is 0.231. The number of non-ortho nitro benzene ring substituents is 1. The number of nitrogens with two attached hydrogens (primary N) is 1. The van der Waals surface area contributed by atoms with Crippen LogP contribution >= 0.6 is 12.4 Å². The number of rotatable bonds is 5. The first-order valence-corrected chi connectivity index (χ1v) is 5.84. The van der Waals surface area contributed by atoms with Crippen molar-refractivity contribution in [1.29, 1.82) is 0 Å². The van der Waals surface area contributed by atoms with Gasteiger partial charge in [0, 0.05) is 23.7 Å². The van der Waals surface area contributed by atoms with Gasteiger partial charge in [-0.3, -0.25) is 10.1 Å². The largest absolute Gasteiger partial charge is 0.384 e. The molecule has 2 aromatic carbocycles. The number of nitrogens with one attached hydrogen (secondary N) is 1.